The Hall–Kier alpha value is -2.65. The van der Waals surface area contributed by atoms with E-state index in [1.165, 1.54) is 17.3 Å². The minimum Gasteiger partial charge on any atom is -0.496 e. The summed E-state index contributed by atoms with van der Waals surface area (Å²) < 4.78 is 8.04. The van der Waals surface area contributed by atoms with Crippen LogP contribution in [0.4, 0.5) is 0 Å². The molecule has 2 aromatic carbocycles. The van der Waals surface area contributed by atoms with Crippen LogP contribution in [0.1, 0.15) is 38.8 Å². The number of methoxy groups -OCH3 is 1. The van der Waals surface area contributed by atoms with Crippen LogP contribution in [-0.4, -0.2) is 39.7 Å². The second kappa shape index (κ2) is 11.0. The van der Waals surface area contributed by atoms with Crippen LogP contribution in [0.25, 0.3) is 11.4 Å². The summed E-state index contributed by atoms with van der Waals surface area (Å²) in [6.07, 6.45) is 1.58. The second-order valence-electron chi connectivity index (χ2n) is 8.35. The molecule has 0 atom stereocenters. The van der Waals surface area contributed by atoms with Crippen molar-refractivity contribution in [3.63, 3.8) is 0 Å². The maximum atomic E-state index is 12.2. The van der Waals surface area contributed by atoms with E-state index in [9.17, 15) is 4.79 Å². The summed E-state index contributed by atoms with van der Waals surface area (Å²) in [7, 11) is 1.61. The van der Waals surface area contributed by atoms with Gasteiger partial charge in [-0.25, -0.2) is 5.43 Å². The lowest BCUT2D eigenvalue weighted by molar-refractivity contribution is -0.118. The van der Waals surface area contributed by atoms with E-state index in [1.54, 1.807) is 13.3 Å². The molecule has 0 aliphatic carbocycles. The van der Waals surface area contributed by atoms with Crippen molar-refractivity contribution in [1.82, 2.24) is 20.2 Å². The van der Waals surface area contributed by atoms with Gasteiger partial charge in [-0.2, -0.15) is 5.10 Å². The van der Waals surface area contributed by atoms with Crippen LogP contribution < -0.4 is 10.2 Å². The van der Waals surface area contributed by atoms with Gasteiger partial charge in [-0.05, 0) is 57.6 Å². The number of benzene rings is 2. The third kappa shape index (κ3) is 6.45. The van der Waals surface area contributed by atoms with Gasteiger partial charge in [0.1, 0.15) is 5.75 Å². The largest absolute Gasteiger partial charge is 0.496 e. The Balaban J connectivity index is 1.60. The molecule has 0 saturated carbocycles. The van der Waals surface area contributed by atoms with Crippen molar-refractivity contribution in [1.29, 1.82) is 0 Å². The van der Waals surface area contributed by atoms with E-state index >= 15 is 0 Å². The van der Waals surface area contributed by atoms with Gasteiger partial charge in [0.2, 0.25) is 0 Å². The number of rotatable bonds is 8. The Morgan fingerprint density at radius 3 is 2.55 bits per heavy atom. The molecule has 3 rings (SSSR count). The van der Waals surface area contributed by atoms with Crippen molar-refractivity contribution in [2.24, 2.45) is 5.10 Å². The maximum absolute atomic E-state index is 12.2. The van der Waals surface area contributed by atoms with Gasteiger partial charge in [0.05, 0.1) is 23.5 Å². The Morgan fingerprint density at radius 2 is 1.94 bits per heavy atom. The zero-order chi connectivity index (χ0) is 24.0. The number of nitrogens with one attached hydrogen (secondary N) is 1. The SMILES string of the molecule is CCn1c(SCC(=O)N/N=C/c2ccc(OC)c(Br)c2)nnc1-c1ccc(C(C)(C)C)cc1. The van der Waals surface area contributed by atoms with Crippen LogP contribution >= 0.6 is 27.7 Å². The third-order valence-electron chi connectivity index (χ3n) is 4.95. The first-order chi connectivity index (χ1) is 15.7. The Labute approximate surface area is 207 Å². The Morgan fingerprint density at radius 1 is 1.21 bits per heavy atom. The molecule has 0 aliphatic heterocycles. The molecule has 0 aliphatic rings. The number of nitrogens with zero attached hydrogens (tertiary/aromatic N) is 4. The van der Waals surface area contributed by atoms with Crippen molar-refractivity contribution < 1.29 is 9.53 Å². The van der Waals surface area contributed by atoms with E-state index in [-0.39, 0.29) is 17.1 Å². The van der Waals surface area contributed by atoms with Crippen molar-refractivity contribution in [3.05, 3.63) is 58.1 Å². The van der Waals surface area contributed by atoms with E-state index in [0.29, 0.717) is 11.7 Å². The predicted molar refractivity (Wildman–Crippen MR) is 137 cm³/mol. The molecule has 0 unspecified atom stereocenters. The quantitative estimate of drug-likeness (QED) is 0.244. The molecule has 9 heteroatoms. The highest BCUT2D eigenvalue weighted by molar-refractivity contribution is 9.10. The third-order valence-corrected chi connectivity index (χ3v) is 6.54. The zero-order valence-corrected chi connectivity index (χ0v) is 21.8. The van der Waals surface area contributed by atoms with E-state index < -0.39 is 0 Å². The van der Waals surface area contributed by atoms with Crippen LogP contribution in [0, 0.1) is 0 Å². The minimum absolute atomic E-state index is 0.0949. The monoisotopic (exact) mass is 529 g/mol. The first-order valence-electron chi connectivity index (χ1n) is 10.5. The number of carbonyl (C=O) groups excluding carboxylic acids is 1. The van der Waals surface area contributed by atoms with E-state index in [4.69, 9.17) is 4.74 Å². The molecule has 0 radical (unpaired) electrons. The zero-order valence-electron chi connectivity index (χ0n) is 19.4. The molecule has 1 heterocycles. The van der Waals surface area contributed by atoms with Crippen LogP contribution in [0.3, 0.4) is 0 Å². The lowest BCUT2D eigenvalue weighted by Gasteiger charge is -2.19. The molecule has 0 saturated heterocycles. The summed E-state index contributed by atoms with van der Waals surface area (Å²) >= 11 is 4.77. The summed E-state index contributed by atoms with van der Waals surface area (Å²) in [5.74, 6) is 1.50. The summed E-state index contributed by atoms with van der Waals surface area (Å²) in [6, 6.07) is 14.0. The molecule has 33 heavy (non-hydrogen) atoms. The average molecular weight is 530 g/mol. The van der Waals surface area contributed by atoms with Crippen molar-refractivity contribution in [2.75, 3.05) is 12.9 Å². The number of carbonyl (C=O) groups is 1. The molecule has 1 amide bonds. The van der Waals surface area contributed by atoms with Gasteiger partial charge in [-0.3, -0.25) is 4.79 Å². The van der Waals surface area contributed by atoms with Gasteiger partial charge < -0.3 is 9.30 Å². The number of ether oxygens (including phenoxy) is 1. The molecule has 1 aromatic heterocycles. The summed E-state index contributed by atoms with van der Waals surface area (Å²) in [5, 5.41) is 13.4. The highest BCUT2D eigenvalue weighted by atomic mass is 79.9. The Bertz CT molecular complexity index is 1140. The standard InChI is InChI=1S/C24H28BrN5O2S/c1-6-30-22(17-8-10-18(11-9-17)24(2,3)4)28-29-23(30)33-15-21(31)27-26-14-16-7-12-20(32-5)19(25)13-16/h7-14H,6,15H2,1-5H3,(H,27,31)/b26-14+. The maximum Gasteiger partial charge on any atom is 0.250 e. The van der Waals surface area contributed by atoms with Crippen LogP contribution in [0.2, 0.25) is 0 Å². The predicted octanol–water partition coefficient (Wildman–Crippen LogP) is 5.28. The van der Waals surface area contributed by atoms with Crippen molar-refractivity contribution >= 4 is 39.8 Å². The van der Waals surface area contributed by atoms with Gasteiger partial charge >= 0.3 is 0 Å². The van der Waals surface area contributed by atoms with Crippen LogP contribution in [0.5, 0.6) is 5.75 Å². The summed E-state index contributed by atoms with van der Waals surface area (Å²) in [5.41, 5.74) is 5.75. The summed E-state index contributed by atoms with van der Waals surface area (Å²) in [6.45, 7) is 9.32. The number of amides is 1. The number of aromatic nitrogens is 3. The van der Waals surface area contributed by atoms with Crippen molar-refractivity contribution in [3.8, 4) is 17.1 Å². The van der Waals surface area contributed by atoms with Crippen LogP contribution in [0.15, 0.2) is 57.2 Å². The first kappa shape index (κ1) is 25.0. The molecular weight excluding hydrogens is 502 g/mol. The first-order valence-corrected chi connectivity index (χ1v) is 12.3. The highest BCUT2D eigenvalue weighted by Crippen LogP contribution is 2.28. The van der Waals surface area contributed by atoms with Gasteiger partial charge in [-0.15, -0.1) is 10.2 Å². The number of hydrazone groups is 1. The number of hydrogen-bond acceptors (Lipinski definition) is 6. The van der Waals surface area contributed by atoms with E-state index in [1.807, 2.05) is 29.7 Å². The Kier molecular flexibility index (Phi) is 8.31. The molecule has 0 spiro atoms. The number of halogens is 1. The van der Waals surface area contributed by atoms with E-state index in [2.05, 4.69) is 81.7 Å². The molecule has 7 nitrogen and oxygen atoms in total. The molecule has 3 aromatic rings. The molecule has 0 bridgehead atoms. The smallest absolute Gasteiger partial charge is 0.250 e. The second-order valence-corrected chi connectivity index (χ2v) is 10.2. The summed E-state index contributed by atoms with van der Waals surface area (Å²) in [4.78, 5) is 12.2. The van der Waals surface area contributed by atoms with Gasteiger partial charge in [0.25, 0.3) is 5.91 Å². The molecule has 1 N–H and O–H groups in total. The van der Waals surface area contributed by atoms with Crippen LogP contribution in [-0.2, 0) is 16.8 Å². The van der Waals surface area contributed by atoms with Gasteiger partial charge in [0.15, 0.2) is 11.0 Å². The van der Waals surface area contributed by atoms with Crippen molar-refractivity contribution in [2.45, 2.75) is 44.8 Å². The topological polar surface area (TPSA) is 81.4 Å². The fourth-order valence-electron chi connectivity index (χ4n) is 3.12. The minimum atomic E-state index is -0.217. The fourth-order valence-corrected chi connectivity index (χ4v) is 4.47. The average Bonchev–Trinajstić information content (AvgIpc) is 3.20. The lowest BCUT2D eigenvalue weighted by atomic mass is 9.87. The molecule has 174 valence electrons. The normalized spacial score (nSPS) is 11.7. The number of thioether (sulfide) groups is 1. The number of hydrogen-bond donors (Lipinski definition) is 1. The highest BCUT2D eigenvalue weighted by Gasteiger charge is 2.17. The van der Waals surface area contributed by atoms with Gasteiger partial charge in [0, 0.05) is 12.1 Å². The lowest BCUT2D eigenvalue weighted by Crippen LogP contribution is -2.20. The fraction of sp³-hybridized carbons (Fsp3) is 0.333. The molecular formula is C24H28BrN5O2S. The van der Waals surface area contributed by atoms with Gasteiger partial charge in [-0.1, -0.05) is 56.8 Å². The van der Waals surface area contributed by atoms with E-state index in [0.717, 1.165) is 27.2 Å². The molecule has 0 fully saturated rings.